The van der Waals surface area contributed by atoms with E-state index in [1.807, 2.05) is 65.6 Å². The highest BCUT2D eigenvalue weighted by Crippen LogP contribution is 2.16. The summed E-state index contributed by atoms with van der Waals surface area (Å²) in [6.45, 7) is 2.76. The summed E-state index contributed by atoms with van der Waals surface area (Å²) in [6, 6.07) is 19.6. The Labute approximate surface area is 178 Å². The summed E-state index contributed by atoms with van der Waals surface area (Å²) in [5, 5.41) is 2.85. The zero-order valence-corrected chi connectivity index (χ0v) is 17.6. The molecule has 2 aromatic rings. The number of rotatable bonds is 9. The molecule has 0 aliphatic carbocycles. The first kappa shape index (κ1) is 21.8. The maximum atomic E-state index is 12.9. The molecule has 1 aliphatic heterocycles. The largest absolute Gasteiger partial charge is 0.376 e. The van der Waals surface area contributed by atoms with Gasteiger partial charge in [-0.3, -0.25) is 4.79 Å². The predicted octanol–water partition coefficient (Wildman–Crippen LogP) is 3.43. The van der Waals surface area contributed by atoms with Gasteiger partial charge in [-0.25, -0.2) is 4.79 Å². The van der Waals surface area contributed by atoms with Crippen LogP contribution < -0.4 is 5.32 Å². The first-order valence-corrected chi connectivity index (χ1v) is 10.6. The van der Waals surface area contributed by atoms with Crippen molar-refractivity contribution in [1.82, 2.24) is 15.1 Å². The lowest BCUT2D eigenvalue weighted by Gasteiger charge is -2.26. The molecule has 3 rings (SSSR count). The Balaban J connectivity index is 1.48. The van der Waals surface area contributed by atoms with Gasteiger partial charge in [-0.2, -0.15) is 0 Å². The highest BCUT2D eigenvalue weighted by atomic mass is 16.5. The van der Waals surface area contributed by atoms with Crippen molar-refractivity contribution < 1.29 is 14.3 Å². The van der Waals surface area contributed by atoms with E-state index < -0.39 is 0 Å². The third-order valence-corrected chi connectivity index (χ3v) is 5.24. The molecule has 3 amide bonds. The molecule has 1 aliphatic rings. The molecule has 0 spiro atoms. The van der Waals surface area contributed by atoms with Gasteiger partial charge in [0.2, 0.25) is 5.91 Å². The van der Waals surface area contributed by atoms with Gasteiger partial charge in [0.15, 0.2) is 0 Å². The highest BCUT2D eigenvalue weighted by molar-refractivity contribution is 5.78. The smallest absolute Gasteiger partial charge is 0.317 e. The van der Waals surface area contributed by atoms with Crippen molar-refractivity contribution in [3.63, 3.8) is 0 Å². The van der Waals surface area contributed by atoms with E-state index >= 15 is 0 Å². The number of nitrogens with one attached hydrogen (secondary N) is 1. The van der Waals surface area contributed by atoms with Gasteiger partial charge in [0.1, 0.15) is 0 Å². The van der Waals surface area contributed by atoms with E-state index in [1.165, 1.54) is 0 Å². The van der Waals surface area contributed by atoms with Crippen molar-refractivity contribution in [2.45, 2.75) is 38.5 Å². The van der Waals surface area contributed by atoms with Crippen molar-refractivity contribution >= 4 is 11.9 Å². The fourth-order valence-electron chi connectivity index (χ4n) is 3.59. The molecule has 0 aromatic heterocycles. The molecule has 1 saturated heterocycles. The number of nitrogens with zero attached hydrogens (tertiary/aromatic N) is 2. The number of amides is 3. The topological polar surface area (TPSA) is 61.9 Å². The SMILES string of the molecule is CN(Cc1ccccc1)C(=O)NCCC(=O)N(Cc1ccccc1)CC1CCCO1. The van der Waals surface area contributed by atoms with Gasteiger partial charge >= 0.3 is 6.03 Å². The minimum absolute atomic E-state index is 0.0281. The molecular formula is C24H31N3O3. The lowest BCUT2D eigenvalue weighted by Crippen LogP contribution is -2.41. The van der Waals surface area contributed by atoms with Crippen LogP contribution in [0.4, 0.5) is 4.79 Å². The van der Waals surface area contributed by atoms with Crippen LogP contribution in [-0.2, 0) is 22.6 Å². The van der Waals surface area contributed by atoms with Crippen LogP contribution in [0.1, 0.15) is 30.4 Å². The van der Waals surface area contributed by atoms with Crippen LogP contribution in [-0.4, -0.2) is 54.6 Å². The second kappa shape index (κ2) is 11.4. The van der Waals surface area contributed by atoms with Crippen LogP contribution >= 0.6 is 0 Å². The third kappa shape index (κ3) is 6.88. The minimum Gasteiger partial charge on any atom is -0.376 e. The molecule has 6 nitrogen and oxygen atoms in total. The number of benzene rings is 2. The molecule has 0 saturated carbocycles. The Morgan fingerprint density at radius 2 is 1.63 bits per heavy atom. The van der Waals surface area contributed by atoms with Gasteiger partial charge in [-0.05, 0) is 24.0 Å². The van der Waals surface area contributed by atoms with E-state index in [2.05, 4.69) is 5.32 Å². The molecule has 1 atom stereocenters. The Kier molecular flexibility index (Phi) is 8.27. The molecular weight excluding hydrogens is 378 g/mol. The molecule has 6 heteroatoms. The van der Waals surface area contributed by atoms with Gasteiger partial charge in [-0.1, -0.05) is 60.7 Å². The summed E-state index contributed by atoms with van der Waals surface area (Å²) in [7, 11) is 1.75. The number of hydrogen-bond acceptors (Lipinski definition) is 3. The normalized spacial score (nSPS) is 15.6. The van der Waals surface area contributed by atoms with Crippen LogP contribution in [0.15, 0.2) is 60.7 Å². The number of carbonyl (C=O) groups excluding carboxylic acids is 2. The van der Waals surface area contributed by atoms with E-state index in [4.69, 9.17) is 4.74 Å². The van der Waals surface area contributed by atoms with E-state index in [0.29, 0.717) is 26.2 Å². The van der Waals surface area contributed by atoms with Crippen molar-refractivity contribution in [3.8, 4) is 0 Å². The predicted molar refractivity (Wildman–Crippen MR) is 117 cm³/mol. The Bertz CT molecular complexity index is 792. The summed E-state index contributed by atoms with van der Waals surface area (Å²) >= 11 is 0. The number of carbonyl (C=O) groups is 2. The molecule has 30 heavy (non-hydrogen) atoms. The van der Waals surface area contributed by atoms with Gasteiger partial charge in [0, 0.05) is 46.3 Å². The number of hydrogen-bond donors (Lipinski definition) is 1. The number of urea groups is 1. The first-order valence-electron chi connectivity index (χ1n) is 10.6. The molecule has 0 radical (unpaired) electrons. The standard InChI is InChI=1S/C24H31N3O3/c1-26(17-20-9-4-2-5-10-20)24(29)25-15-14-23(28)27(19-22-13-8-16-30-22)18-21-11-6-3-7-12-21/h2-7,9-12,22H,8,13-19H2,1H3,(H,25,29). The van der Waals surface area contributed by atoms with Crippen molar-refractivity contribution in [2.24, 2.45) is 0 Å². The van der Waals surface area contributed by atoms with E-state index in [9.17, 15) is 9.59 Å². The summed E-state index contributed by atoms with van der Waals surface area (Å²) in [5.74, 6) is 0.0281. The quantitative estimate of drug-likeness (QED) is 0.690. The summed E-state index contributed by atoms with van der Waals surface area (Å²) in [5.41, 5.74) is 2.16. The Morgan fingerprint density at radius 3 is 2.23 bits per heavy atom. The zero-order chi connectivity index (χ0) is 21.2. The van der Waals surface area contributed by atoms with E-state index in [1.54, 1.807) is 11.9 Å². The van der Waals surface area contributed by atoms with Gasteiger partial charge in [0.05, 0.1) is 6.10 Å². The second-order valence-corrected chi connectivity index (χ2v) is 7.72. The minimum atomic E-state index is -0.180. The van der Waals surface area contributed by atoms with Crippen LogP contribution in [0.3, 0.4) is 0 Å². The first-order chi connectivity index (χ1) is 14.6. The van der Waals surface area contributed by atoms with Crippen LogP contribution in [0.25, 0.3) is 0 Å². The lowest BCUT2D eigenvalue weighted by molar-refractivity contribution is -0.133. The third-order valence-electron chi connectivity index (χ3n) is 5.24. The van der Waals surface area contributed by atoms with E-state index in [0.717, 1.165) is 30.6 Å². The Morgan fingerprint density at radius 1 is 1.00 bits per heavy atom. The molecule has 1 fully saturated rings. The molecule has 0 bridgehead atoms. The van der Waals surface area contributed by atoms with Crippen molar-refractivity contribution in [3.05, 3.63) is 71.8 Å². The molecule has 1 heterocycles. The average molecular weight is 410 g/mol. The lowest BCUT2D eigenvalue weighted by atomic mass is 10.1. The van der Waals surface area contributed by atoms with Crippen LogP contribution in [0, 0.1) is 0 Å². The van der Waals surface area contributed by atoms with Gasteiger partial charge in [-0.15, -0.1) is 0 Å². The van der Waals surface area contributed by atoms with Crippen LogP contribution in [0.5, 0.6) is 0 Å². The number of ether oxygens (including phenoxy) is 1. The van der Waals surface area contributed by atoms with Gasteiger partial charge in [0.25, 0.3) is 0 Å². The maximum absolute atomic E-state index is 12.9. The fraction of sp³-hybridized carbons (Fsp3) is 0.417. The zero-order valence-electron chi connectivity index (χ0n) is 17.6. The summed E-state index contributed by atoms with van der Waals surface area (Å²) in [4.78, 5) is 28.7. The molecule has 1 unspecified atom stereocenters. The molecule has 2 aromatic carbocycles. The van der Waals surface area contributed by atoms with E-state index in [-0.39, 0.29) is 24.5 Å². The average Bonchev–Trinajstić information content (AvgIpc) is 3.27. The van der Waals surface area contributed by atoms with Crippen molar-refractivity contribution in [1.29, 1.82) is 0 Å². The highest BCUT2D eigenvalue weighted by Gasteiger charge is 2.23. The molecule has 160 valence electrons. The van der Waals surface area contributed by atoms with Gasteiger partial charge < -0.3 is 19.9 Å². The Hall–Kier alpha value is -2.86. The second-order valence-electron chi connectivity index (χ2n) is 7.72. The van der Waals surface area contributed by atoms with Crippen molar-refractivity contribution in [2.75, 3.05) is 26.7 Å². The summed E-state index contributed by atoms with van der Waals surface area (Å²) in [6.07, 6.45) is 2.40. The fourth-order valence-corrected chi connectivity index (χ4v) is 3.59. The van der Waals surface area contributed by atoms with Crippen LogP contribution in [0.2, 0.25) is 0 Å². The maximum Gasteiger partial charge on any atom is 0.317 e. The molecule has 1 N–H and O–H groups in total. The summed E-state index contributed by atoms with van der Waals surface area (Å²) < 4.78 is 5.73. The monoisotopic (exact) mass is 409 g/mol.